The zero-order valence-electron chi connectivity index (χ0n) is 19.9. The van der Waals surface area contributed by atoms with E-state index in [1.807, 2.05) is 39.8 Å². The van der Waals surface area contributed by atoms with Crippen LogP contribution in [-0.4, -0.2) is 34.8 Å². The average molecular weight is 454 g/mol. The number of carbonyl (C=O) groups is 2. The van der Waals surface area contributed by atoms with Gasteiger partial charge in [0.2, 0.25) is 0 Å². The van der Waals surface area contributed by atoms with E-state index in [4.69, 9.17) is 4.74 Å². The molecule has 0 bridgehead atoms. The van der Waals surface area contributed by atoms with Crippen LogP contribution in [0.4, 0.5) is 4.39 Å². The van der Waals surface area contributed by atoms with E-state index in [9.17, 15) is 19.1 Å². The summed E-state index contributed by atoms with van der Waals surface area (Å²) in [5, 5.41) is 9.36. The van der Waals surface area contributed by atoms with Crippen LogP contribution in [0.25, 0.3) is 5.57 Å². The highest BCUT2D eigenvalue weighted by molar-refractivity contribution is 6.21. The molecule has 2 aromatic rings. The van der Waals surface area contributed by atoms with Crippen LogP contribution in [0.1, 0.15) is 50.8 Å². The molecule has 2 aromatic carbocycles. The van der Waals surface area contributed by atoms with Gasteiger partial charge >= 0.3 is 0 Å². The molecule has 2 rings (SSSR count). The lowest BCUT2D eigenvalue weighted by Gasteiger charge is -2.22. The number of ketones is 1. The zero-order valence-corrected chi connectivity index (χ0v) is 19.9. The van der Waals surface area contributed by atoms with Crippen molar-refractivity contribution < 1.29 is 23.8 Å². The minimum absolute atomic E-state index is 0.0944. The maximum Gasteiger partial charge on any atom is 0.254 e. The number of allylic oxidation sites excluding steroid dienone is 3. The lowest BCUT2D eigenvalue weighted by Crippen LogP contribution is -2.31. The second kappa shape index (κ2) is 12.0. The third-order valence-corrected chi connectivity index (χ3v) is 5.33. The van der Waals surface area contributed by atoms with Gasteiger partial charge in [0, 0.05) is 24.2 Å². The van der Waals surface area contributed by atoms with E-state index in [2.05, 4.69) is 0 Å². The van der Waals surface area contributed by atoms with Gasteiger partial charge in [-0.05, 0) is 81.1 Å². The minimum Gasteiger partial charge on any atom is -0.505 e. The topological polar surface area (TPSA) is 66.8 Å². The molecule has 0 unspecified atom stereocenters. The fraction of sp³-hybridized carbons (Fsp3) is 0.333. The van der Waals surface area contributed by atoms with E-state index >= 15 is 0 Å². The number of aromatic hydroxyl groups is 1. The van der Waals surface area contributed by atoms with Crippen LogP contribution in [-0.2, 0) is 16.2 Å². The molecule has 0 aromatic heterocycles. The Bertz CT molecular complexity index is 1070. The molecule has 0 aliphatic carbocycles. The number of Topliss-reactive ketones (excluding diaryl/α,β-unsaturated/α-hetero) is 1. The summed E-state index contributed by atoms with van der Waals surface area (Å²) in [5.41, 5.74) is 3.01. The van der Waals surface area contributed by atoms with E-state index in [1.165, 1.54) is 19.1 Å². The first kappa shape index (κ1) is 25.8. The molecule has 0 aliphatic rings. The van der Waals surface area contributed by atoms with Crippen molar-refractivity contribution in [3.05, 3.63) is 76.6 Å². The van der Waals surface area contributed by atoms with Crippen molar-refractivity contribution in [3.8, 4) is 11.5 Å². The molecular formula is C27H32FNO4. The molecule has 33 heavy (non-hydrogen) atoms. The van der Waals surface area contributed by atoms with Gasteiger partial charge in [-0.15, -0.1) is 0 Å². The van der Waals surface area contributed by atoms with Crippen LogP contribution >= 0.6 is 0 Å². The fourth-order valence-electron chi connectivity index (χ4n) is 3.40. The molecule has 0 radical (unpaired) electrons. The van der Waals surface area contributed by atoms with Gasteiger partial charge in [0.15, 0.2) is 17.3 Å². The molecular weight excluding hydrogens is 421 g/mol. The number of aryl methyl sites for hydroxylation is 1. The SMILES string of the molecule is CC/C=C(/C=C(/C(=O)N(CC)CC)c1cc(OCc2ccc(O)c(F)c2)ccc1C)C(C)=O. The standard InChI is InChI=1S/C27H32FNO4/c1-6-9-21(19(5)30)15-24(27(32)29(7-2)8-3)23-16-22(12-10-18(23)4)33-17-20-11-13-26(31)25(28)14-20/h9-16,31H,6-8,17H2,1-5H3/b21-9-,24-15+. The first-order valence-corrected chi connectivity index (χ1v) is 11.1. The maximum absolute atomic E-state index is 13.6. The van der Waals surface area contributed by atoms with Crippen LogP contribution < -0.4 is 4.74 Å². The van der Waals surface area contributed by atoms with E-state index in [1.54, 1.807) is 29.2 Å². The van der Waals surface area contributed by atoms with E-state index in [-0.39, 0.29) is 18.3 Å². The quantitative estimate of drug-likeness (QED) is 0.376. The number of benzene rings is 2. The van der Waals surface area contributed by atoms with Gasteiger partial charge < -0.3 is 14.7 Å². The molecule has 0 spiro atoms. The first-order valence-electron chi connectivity index (χ1n) is 11.1. The predicted molar refractivity (Wildman–Crippen MR) is 129 cm³/mol. The van der Waals surface area contributed by atoms with Crippen LogP contribution in [0.15, 0.2) is 54.1 Å². The summed E-state index contributed by atoms with van der Waals surface area (Å²) in [6, 6.07) is 9.47. The van der Waals surface area contributed by atoms with Crippen molar-refractivity contribution in [2.75, 3.05) is 13.1 Å². The Kier molecular flexibility index (Phi) is 9.40. The molecule has 6 heteroatoms. The molecule has 0 aliphatic heterocycles. The Morgan fingerprint density at radius 3 is 2.36 bits per heavy atom. The van der Waals surface area contributed by atoms with Crippen LogP contribution in [0.2, 0.25) is 0 Å². The Hall–Kier alpha value is -3.41. The van der Waals surface area contributed by atoms with Crippen molar-refractivity contribution in [1.29, 1.82) is 0 Å². The summed E-state index contributed by atoms with van der Waals surface area (Å²) in [7, 11) is 0. The molecule has 0 atom stereocenters. The van der Waals surface area contributed by atoms with Gasteiger partial charge in [0.05, 0.1) is 0 Å². The lowest BCUT2D eigenvalue weighted by molar-refractivity contribution is -0.124. The molecule has 0 heterocycles. The highest BCUT2D eigenvalue weighted by Gasteiger charge is 2.21. The molecule has 1 amide bonds. The Morgan fingerprint density at radius 1 is 1.09 bits per heavy atom. The Labute approximate surface area is 195 Å². The van der Waals surface area contributed by atoms with Gasteiger partial charge in [-0.25, -0.2) is 4.39 Å². The van der Waals surface area contributed by atoms with E-state index in [0.29, 0.717) is 47.5 Å². The van der Waals surface area contributed by atoms with Crippen molar-refractivity contribution in [1.82, 2.24) is 4.90 Å². The first-order chi connectivity index (χ1) is 15.7. The predicted octanol–water partition coefficient (Wildman–Crippen LogP) is 5.60. The summed E-state index contributed by atoms with van der Waals surface area (Å²) < 4.78 is 19.5. The smallest absolute Gasteiger partial charge is 0.254 e. The number of likely N-dealkylation sites (N-methyl/N-ethyl adjacent to an activating group) is 1. The maximum atomic E-state index is 13.6. The number of ether oxygens (including phenoxy) is 1. The number of hydrogen-bond donors (Lipinski definition) is 1. The number of carbonyl (C=O) groups excluding carboxylic acids is 2. The number of phenolic OH excluding ortho intramolecular Hbond substituents is 1. The molecule has 0 fully saturated rings. The molecule has 176 valence electrons. The van der Waals surface area contributed by atoms with Gasteiger partial charge in [0.25, 0.3) is 5.91 Å². The van der Waals surface area contributed by atoms with Gasteiger partial charge in [-0.3, -0.25) is 9.59 Å². The third-order valence-electron chi connectivity index (χ3n) is 5.33. The van der Waals surface area contributed by atoms with Crippen molar-refractivity contribution in [2.24, 2.45) is 0 Å². The van der Waals surface area contributed by atoms with Crippen LogP contribution in [0.3, 0.4) is 0 Å². The molecule has 0 saturated carbocycles. The monoisotopic (exact) mass is 453 g/mol. The number of hydrogen-bond acceptors (Lipinski definition) is 4. The highest BCUT2D eigenvalue weighted by Crippen LogP contribution is 2.28. The van der Waals surface area contributed by atoms with Gasteiger partial charge in [-0.1, -0.05) is 25.1 Å². The summed E-state index contributed by atoms with van der Waals surface area (Å²) in [5.74, 6) is -0.894. The molecule has 0 saturated heterocycles. The Morgan fingerprint density at radius 2 is 1.79 bits per heavy atom. The Balaban J connectivity index is 2.49. The van der Waals surface area contributed by atoms with Crippen LogP contribution in [0, 0.1) is 12.7 Å². The summed E-state index contributed by atoms with van der Waals surface area (Å²) in [4.78, 5) is 27.3. The highest BCUT2D eigenvalue weighted by atomic mass is 19.1. The van der Waals surface area contributed by atoms with Gasteiger partial charge in [-0.2, -0.15) is 0 Å². The van der Waals surface area contributed by atoms with E-state index < -0.39 is 11.6 Å². The number of halogens is 1. The average Bonchev–Trinajstić information content (AvgIpc) is 2.79. The number of phenols is 1. The van der Waals surface area contributed by atoms with Crippen molar-refractivity contribution in [2.45, 2.75) is 47.6 Å². The minimum atomic E-state index is -0.713. The number of rotatable bonds is 10. The van der Waals surface area contributed by atoms with Crippen molar-refractivity contribution in [3.63, 3.8) is 0 Å². The summed E-state index contributed by atoms with van der Waals surface area (Å²) in [6.45, 7) is 10.3. The fourth-order valence-corrected chi connectivity index (χ4v) is 3.40. The number of nitrogens with zero attached hydrogens (tertiary/aromatic N) is 1. The van der Waals surface area contributed by atoms with E-state index in [0.717, 1.165) is 5.56 Å². The second-order valence-corrected chi connectivity index (χ2v) is 7.71. The van der Waals surface area contributed by atoms with Crippen molar-refractivity contribution >= 4 is 17.3 Å². The normalized spacial score (nSPS) is 11.9. The zero-order chi connectivity index (χ0) is 24.5. The van der Waals surface area contributed by atoms with Gasteiger partial charge in [0.1, 0.15) is 12.4 Å². The molecule has 5 nitrogen and oxygen atoms in total. The van der Waals surface area contributed by atoms with Crippen LogP contribution in [0.5, 0.6) is 11.5 Å². The largest absolute Gasteiger partial charge is 0.505 e. The summed E-state index contributed by atoms with van der Waals surface area (Å²) >= 11 is 0. The summed E-state index contributed by atoms with van der Waals surface area (Å²) in [6.07, 6.45) is 4.14. The lowest BCUT2D eigenvalue weighted by atomic mass is 9.95. The molecule has 1 N–H and O–H groups in total. The number of amides is 1. The second-order valence-electron chi connectivity index (χ2n) is 7.71. The third kappa shape index (κ3) is 6.78.